The van der Waals surface area contributed by atoms with Gasteiger partial charge in [-0.3, -0.25) is 0 Å². The van der Waals surface area contributed by atoms with Crippen LogP contribution in [0.2, 0.25) is 0 Å². The van der Waals surface area contributed by atoms with Crippen LogP contribution in [0.15, 0.2) is 18.2 Å². The summed E-state index contributed by atoms with van der Waals surface area (Å²) < 4.78 is 25.7. The van der Waals surface area contributed by atoms with Crippen LogP contribution in [0.5, 0.6) is 0 Å². The molecule has 1 aromatic rings. The van der Waals surface area contributed by atoms with Gasteiger partial charge in [0.15, 0.2) is 0 Å². The van der Waals surface area contributed by atoms with Gasteiger partial charge in [0.05, 0.1) is 5.56 Å². The maximum absolute atomic E-state index is 14.5. The second kappa shape index (κ2) is 11.3. The number of carbonyl (C=O) groups is 2. The van der Waals surface area contributed by atoms with E-state index in [9.17, 15) is 14.0 Å². The lowest BCUT2D eigenvalue weighted by atomic mass is 9.99. The van der Waals surface area contributed by atoms with Crippen LogP contribution in [-0.4, -0.2) is 23.1 Å². The van der Waals surface area contributed by atoms with Gasteiger partial charge in [0, 0.05) is 0 Å². The van der Waals surface area contributed by atoms with Gasteiger partial charge in [-0.05, 0) is 65.5 Å². The number of benzene rings is 1. The largest absolute Gasteiger partial charge is 0.456 e. The molecule has 5 heteroatoms. The maximum Gasteiger partial charge on any atom is 0.342 e. The van der Waals surface area contributed by atoms with E-state index in [1.807, 2.05) is 13.8 Å². The van der Waals surface area contributed by atoms with Gasteiger partial charge < -0.3 is 9.47 Å². The van der Waals surface area contributed by atoms with Crippen molar-refractivity contribution >= 4 is 11.9 Å². The van der Waals surface area contributed by atoms with E-state index in [0.717, 1.165) is 44.6 Å². The lowest BCUT2D eigenvalue weighted by molar-refractivity contribution is -0.0106. The quantitative estimate of drug-likeness (QED) is 0.280. The number of carbonyl (C=O) groups excluding carboxylic acids is 2. The zero-order chi connectivity index (χ0) is 22.1. The number of hydrogen-bond acceptors (Lipinski definition) is 4. The Kier molecular flexibility index (Phi) is 9.81. The van der Waals surface area contributed by atoms with Crippen LogP contribution < -0.4 is 0 Å². The monoisotopic (exact) mass is 408 g/mol. The molecule has 0 aliphatic carbocycles. The minimum atomic E-state index is -0.833. The maximum atomic E-state index is 14.5. The Balaban J connectivity index is 2.98. The fourth-order valence-corrected chi connectivity index (χ4v) is 3.21. The van der Waals surface area contributed by atoms with Crippen molar-refractivity contribution < 1.29 is 23.5 Å². The van der Waals surface area contributed by atoms with Crippen LogP contribution in [-0.2, 0) is 9.47 Å². The highest BCUT2D eigenvalue weighted by Crippen LogP contribution is 2.26. The summed E-state index contributed by atoms with van der Waals surface area (Å²) >= 11 is 0. The van der Waals surface area contributed by atoms with Crippen LogP contribution in [0, 0.1) is 5.82 Å². The van der Waals surface area contributed by atoms with Crippen molar-refractivity contribution in [3.8, 4) is 0 Å². The number of hydrogen-bond donors (Lipinski definition) is 0. The summed E-state index contributed by atoms with van der Waals surface area (Å²) in [5, 5.41) is 0. The summed E-state index contributed by atoms with van der Waals surface area (Å²) in [5.74, 6) is -2.32. The summed E-state index contributed by atoms with van der Waals surface area (Å²) in [4.78, 5) is 25.5. The second-order valence-corrected chi connectivity index (χ2v) is 8.88. The van der Waals surface area contributed by atoms with Gasteiger partial charge in [0.25, 0.3) is 0 Å². The molecule has 0 amide bonds. The van der Waals surface area contributed by atoms with E-state index in [1.165, 1.54) is 12.1 Å². The van der Waals surface area contributed by atoms with Gasteiger partial charge in [-0.15, -0.1) is 0 Å². The van der Waals surface area contributed by atoms with Crippen molar-refractivity contribution in [2.75, 3.05) is 0 Å². The molecule has 1 aromatic carbocycles. The summed E-state index contributed by atoms with van der Waals surface area (Å²) in [7, 11) is 0. The lowest BCUT2D eigenvalue weighted by Gasteiger charge is -2.27. The number of ether oxygens (including phenoxy) is 2. The van der Waals surface area contributed by atoms with Gasteiger partial charge in [-0.25, -0.2) is 14.0 Å². The normalized spacial score (nSPS) is 12.0. The molecule has 29 heavy (non-hydrogen) atoms. The highest BCUT2D eigenvalue weighted by atomic mass is 19.1. The van der Waals surface area contributed by atoms with E-state index in [-0.39, 0.29) is 11.1 Å². The minimum absolute atomic E-state index is 0.0945. The topological polar surface area (TPSA) is 52.6 Å². The molecule has 0 atom stereocenters. The van der Waals surface area contributed by atoms with Crippen molar-refractivity contribution in [1.82, 2.24) is 0 Å². The first-order valence-corrected chi connectivity index (χ1v) is 10.8. The van der Waals surface area contributed by atoms with Crippen LogP contribution in [0.1, 0.15) is 114 Å². The van der Waals surface area contributed by atoms with Gasteiger partial charge in [0.2, 0.25) is 0 Å². The Bertz CT molecular complexity index is 679. The predicted octanol–water partition coefficient (Wildman–Crippen LogP) is 6.86. The zero-order valence-corrected chi connectivity index (χ0v) is 18.9. The van der Waals surface area contributed by atoms with Crippen molar-refractivity contribution in [1.29, 1.82) is 0 Å². The Morgan fingerprint density at radius 3 is 1.79 bits per heavy atom. The van der Waals surface area contributed by atoms with E-state index >= 15 is 0 Å². The lowest BCUT2D eigenvalue weighted by Crippen LogP contribution is -2.31. The zero-order valence-electron chi connectivity index (χ0n) is 18.9. The molecule has 0 aliphatic rings. The van der Waals surface area contributed by atoms with Crippen LogP contribution in [0.25, 0.3) is 0 Å². The van der Waals surface area contributed by atoms with Crippen molar-refractivity contribution in [2.45, 2.75) is 104 Å². The number of unbranched alkanes of at least 4 members (excludes halogenated alkanes) is 4. The van der Waals surface area contributed by atoms with Crippen LogP contribution >= 0.6 is 0 Å². The second-order valence-electron chi connectivity index (χ2n) is 8.88. The SMILES string of the molecule is CCCCCC(C)(C)OC(=O)c1cccc(F)c1C(=O)OC(C)(C)CCCCC. The highest BCUT2D eigenvalue weighted by Gasteiger charge is 2.31. The molecule has 0 N–H and O–H groups in total. The summed E-state index contributed by atoms with van der Waals surface area (Å²) in [5.41, 5.74) is -1.89. The van der Waals surface area contributed by atoms with Crippen LogP contribution in [0.3, 0.4) is 0 Å². The predicted molar refractivity (Wildman–Crippen MR) is 114 cm³/mol. The third-order valence-electron chi connectivity index (χ3n) is 4.94. The first-order valence-electron chi connectivity index (χ1n) is 10.8. The molecule has 0 fully saturated rings. The third-order valence-corrected chi connectivity index (χ3v) is 4.94. The Hall–Kier alpha value is -1.91. The highest BCUT2D eigenvalue weighted by molar-refractivity contribution is 6.03. The molecule has 0 spiro atoms. The average molecular weight is 409 g/mol. The first-order chi connectivity index (χ1) is 13.5. The molecule has 0 unspecified atom stereocenters. The molecule has 0 radical (unpaired) electrons. The van der Waals surface area contributed by atoms with Gasteiger partial charge >= 0.3 is 11.9 Å². The molecular weight excluding hydrogens is 371 g/mol. The van der Waals surface area contributed by atoms with E-state index in [4.69, 9.17) is 9.47 Å². The van der Waals surface area contributed by atoms with Gasteiger partial charge in [-0.1, -0.05) is 45.6 Å². The molecule has 0 bridgehead atoms. The Morgan fingerprint density at radius 1 is 0.828 bits per heavy atom. The molecule has 0 saturated carbocycles. The number of halogens is 1. The third kappa shape index (κ3) is 8.55. The molecule has 0 aromatic heterocycles. The van der Waals surface area contributed by atoms with E-state index < -0.39 is 29.0 Å². The van der Waals surface area contributed by atoms with Crippen molar-refractivity contribution in [2.24, 2.45) is 0 Å². The van der Waals surface area contributed by atoms with Crippen molar-refractivity contribution in [3.63, 3.8) is 0 Å². The minimum Gasteiger partial charge on any atom is -0.456 e. The van der Waals surface area contributed by atoms with E-state index in [0.29, 0.717) is 12.8 Å². The Labute approximate surface area is 175 Å². The van der Waals surface area contributed by atoms with Gasteiger partial charge in [-0.2, -0.15) is 0 Å². The molecule has 0 aliphatic heterocycles. The molecule has 4 nitrogen and oxygen atoms in total. The molecule has 0 saturated heterocycles. The number of rotatable bonds is 12. The van der Waals surface area contributed by atoms with Crippen LogP contribution in [0.4, 0.5) is 4.39 Å². The van der Waals surface area contributed by atoms with E-state index in [1.54, 1.807) is 13.8 Å². The number of esters is 2. The molecular formula is C24H37FO4. The average Bonchev–Trinajstić information content (AvgIpc) is 2.60. The molecule has 164 valence electrons. The fraction of sp³-hybridized carbons (Fsp3) is 0.667. The van der Waals surface area contributed by atoms with E-state index in [2.05, 4.69) is 13.8 Å². The molecule has 1 rings (SSSR count). The summed E-state index contributed by atoms with van der Waals surface area (Å²) in [6.45, 7) is 11.5. The molecule has 0 heterocycles. The van der Waals surface area contributed by atoms with Crippen molar-refractivity contribution in [3.05, 3.63) is 35.1 Å². The van der Waals surface area contributed by atoms with Gasteiger partial charge in [0.1, 0.15) is 22.6 Å². The summed E-state index contributed by atoms with van der Waals surface area (Å²) in [6.07, 6.45) is 7.42. The standard InChI is InChI=1S/C24H37FO4/c1-7-9-11-16-23(3,4)28-21(26)18-14-13-15-19(25)20(18)22(27)29-24(5,6)17-12-10-8-2/h13-15H,7-12,16-17H2,1-6H3. The Morgan fingerprint density at radius 2 is 1.31 bits per heavy atom. The summed E-state index contributed by atoms with van der Waals surface area (Å²) in [6, 6.07) is 3.97. The first kappa shape index (κ1) is 25.1. The smallest absolute Gasteiger partial charge is 0.342 e. The fourth-order valence-electron chi connectivity index (χ4n) is 3.21.